The SMILES string of the molecule is CN1CCCC2CN(C(=O)c3cccc(NC(N)=O)c3)CCC21. The Morgan fingerprint density at radius 3 is 2.87 bits per heavy atom. The van der Waals surface area contributed by atoms with Crippen molar-refractivity contribution in [1.29, 1.82) is 0 Å². The van der Waals surface area contributed by atoms with Gasteiger partial charge in [0.05, 0.1) is 0 Å². The predicted molar refractivity (Wildman–Crippen MR) is 89.3 cm³/mol. The van der Waals surface area contributed by atoms with Gasteiger partial charge in [0.15, 0.2) is 0 Å². The minimum atomic E-state index is -0.624. The Morgan fingerprint density at radius 2 is 2.09 bits per heavy atom. The number of hydrogen-bond donors (Lipinski definition) is 2. The van der Waals surface area contributed by atoms with Crippen LogP contribution in [-0.2, 0) is 0 Å². The Hall–Kier alpha value is -2.08. The van der Waals surface area contributed by atoms with Crippen molar-refractivity contribution >= 4 is 17.6 Å². The highest BCUT2D eigenvalue weighted by molar-refractivity contribution is 5.96. The van der Waals surface area contributed by atoms with Crippen LogP contribution in [0.3, 0.4) is 0 Å². The third kappa shape index (κ3) is 3.47. The Morgan fingerprint density at radius 1 is 1.26 bits per heavy atom. The molecule has 124 valence electrons. The van der Waals surface area contributed by atoms with Gasteiger partial charge in [-0.2, -0.15) is 0 Å². The number of nitrogens with two attached hydrogens (primary N) is 1. The van der Waals surface area contributed by atoms with Crippen LogP contribution in [0.25, 0.3) is 0 Å². The van der Waals surface area contributed by atoms with Crippen LogP contribution < -0.4 is 11.1 Å². The smallest absolute Gasteiger partial charge is 0.316 e. The van der Waals surface area contributed by atoms with Crippen molar-refractivity contribution < 1.29 is 9.59 Å². The van der Waals surface area contributed by atoms with E-state index >= 15 is 0 Å². The fourth-order valence-corrected chi connectivity index (χ4v) is 3.89. The van der Waals surface area contributed by atoms with Crippen molar-refractivity contribution in [3.8, 4) is 0 Å². The van der Waals surface area contributed by atoms with Crippen LogP contribution in [0.15, 0.2) is 24.3 Å². The van der Waals surface area contributed by atoms with E-state index in [9.17, 15) is 9.59 Å². The summed E-state index contributed by atoms with van der Waals surface area (Å²) in [6.45, 7) is 2.77. The van der Waals surface area contributed by atoms with Crippen LogP contribution in [0.1, 0.15) is 29.6 Å². The number of hydrogen-bond acceptors (Lipinski definition) is 3. The van der Waals surface area contributed by atoms with E-state index in [0.29, 0.717) is 23.2 Å². The fraction of sp³-hybridized carbons (Fsp3) is 0.529. The molecule has 2 atom stereocenters. The van der Waals surface area contributed by atoms with Crippen LogP contribution in [0.5, 0.6) is 0 Å². The molecule has 0 bridgehead atoms. The zero-order chi connectivity index (χ0) is 16.4. The molecule has 2 unspecified atom stereocenters. The van der Waals surface area contributed by atoms with E-state index < -0.39 is 6.03 Å². The number of carbonyl (C=O) groups is 2. The van der Waals surface area contributed by atoms with Crippen LogP contribution >= 0.6 is 0 Å². The van der Waals surface area contributed by atoms with E-state index in [2.05, 4.69) is 17.3 Å². The number of likely N-dealkylation sites (tertiary alicyclic amines) is 2. The van der Waals surface area contributed by atoms with Gasteiger partial charge in [-0.25, -0.2) is 4.79 Å². The first-order valence-corrected chi connectivity index (χ1v) is 8.20. The summed E-state index contributed by atoms with van der Waals surface area (Å²) in [5.41, 5.74) is 6.28. The quantitative estimate of drug-likeness (QED) is 0.872. The summed E-state index contributed by atoms with van der Waals surface area (Å²) in [7, 11) is 2.19. The predicted octanol–water partition coefficient (Wildman–Crippen LogP) is 1.73. The van der Waals surface area contributed by atoms with Gasteiger partial charge in [0.1, 0.15) is 0 Å². The van der Waals surface area contributed by atoms with Crippen molar-refractivity contribution in [2.24, 2.45) is 11.7 Å². The standard InChI is InChI=1S/C17H24N4O2/c1-20-8-3-5-13-11-21(9-7-15(13)20)16(22)12-4-2-6-14(10-12)19-17(18)23/h2,4,6,10,13,15H,3,5,7-9,11H2,1H3,(H3,18,19,23). The number of amides is 3. The molecule has 2 heterocycles. The molecule has 2 aliphatic rings. The second-order valence-electron chi connectivity index (χ2n) is 6.56. The highest BCUT2D eigenvalue weighted by Gasteiger charge is 2.35. The van der Waals surface area contributed by atoms with Gasteiger partial charge in [-0.1, -0.05) is 6.07 Å². The van der Waals surface area contributed by atoms with Gasteiger partial charge in [0.25, 0.3) is 5.91 Å². The van der Waals surface area contributed by atoms with Crippen molar-refractivity contribution in [2.45, 2.75) is 25.3 Å². The average Bonchev–Trinajstić information content (AvgIpc) is 2.54. The Kier molecular flexibility index (Phi) is 4.52. The monoisotopic (exact) mass is 316 g/mol. The Labute approximate surface area is 136 Å². The topological polar surface area (TPSA) is 78.7 Å². The lowest BCUT2D eigenvalue weighted by Crippen LogP contribution is -2.53. The summed E-state index contributed by atoms with van der Waals surface area (Å²) in [6.07, 6.45) is 3.44. The molecule has 6 nitrogen and oxygen atoms in total. The summed E-state index contributed by atoms with van der Waals surface area (Å²) >= 11 is 0. The van der Waals surface area contributed by atoms with Crippen LogP contribution in [0.2, 0.25) is 0 Å². The number of carbonyl (C=O) groups excluding carboxylic acids is 2. The van der Waals surface area contributed by atoms with Gasteiger partial charge in [0, 0.05) is 30.4 Å². The van der Waals surface area contributed by atoms with Crippen molar-refractivity contribution in [2.75, 3.05) is 32.0 Å². The molecule has 23 heavy (non-hydrogen) atoms. The fourth-order valence-electron chi connectivity index (χ4n) is 3.89. The number of piperidine rings is 2. The van der Waals surface area contributed by atoms with E-state index in [0.717, 1.165) is 26.1 Å². The molecule has 3 amide bonds. The van der Waals surface area contributed by atoms with Crippen molar-refractivity contribution in [1.82, 2.24) is 9.80 Å². The molecule has 3 N–H and O–H groups in total. The molecule has 6 heteroatoms. The van der Waals surface area contributed by atoms with Crippen LogP contribution in [0.4, 0.5) is 10.5 Å². The van der Waals surface area contributed by atoms with Gasteiger partial charge >= 0.3 is 6.03 Å². The first kappa shape index (κ1) is 15.8. The molecule has 0 spiro atoms. The third-order valence-electron chi connectivity index (χ3n) is 5.01. The second kappa shape index (κ2) is 6.58. The van der Waals surface area contributed by atoms with E-state index in [1.165, 1.54) is 12.8 Å². The maximum Gasteiger partial charge on any atom is 0.316 e. The molecular formula is C17H24N4O2. The van der Waals surface area contributed by atoms with E-state index in [1.807, 2.05) is 4.90 Å². The maximum absolute atomic E-state index is 12.8. The maximum atomic E-state index is 12.8. The highest BCUT2D eigenvalue weighted by Crippen LogP contribution is 2.30. The number of rotatable bonds is 2. The number of nitrogens with zero attached hydrogens (tertiary/aromatic N) is 2. The number of fused-ring (bicyclic) bond motifs is 1. The Bertz CT molecular complexity index is 604. The molecule has 0 radical (unpaired) electrons. The molecular weight excluding hydrogens is 292 g/mol. The number of anilines is 1. The molecule has 0 saturated carbocycles. The number of nitrogens with one attached hydrogen (secondary N) is 1. The van der Waals surface area contributed by atoms with Crippen LogP contribution in [-0.4, -0.2) is 54.5 Å². The van der Waals surface area contributed by atoms with Crippen molar-refractivity contribution in [3.05, 3.63) is 29.8 Å². The zero-order valence-electron chi connectivity index (χ0n) is 13.5. The van der Waals surface area contributed by atoms with E-state index in [1.54, 1.807) is 24.3 Å². The summed E-state index contributed by atoms with van der Waals surface area (Å²) in [5, 5.41) is 2.52. The Balaban J connectivity index is 1.70. The molecule has 1 aromatic rings. The first-order chi connectivity index (χ1) is 11.0. The second-order valence-corrected chi connectivity index (χ2v) is 6.56. The average molecular weight is 316 g/mol. The number of urea groups is 1. The lowest BCUT2D eigenvalue weighted by atomic mass is 9.84. The number of primary amides is 1. The first-order valence-electron chi connectivity index (χ1n) is 8.20. The molecule has 2 saturated heterocycles. The molecule has 2 aliphatic heterocycles. The molecule has 3 rings (SSSR count). The van der Waals surface area contributed by atoms with Gasteiger partial charge in [-0.15, -0.1) is 0 Å². The van der Waals surface area contributed by atoms with E-state index in [4.69, 9.17) is 5.73 Å². The third-order valence-corrected chi connectivity index (χ3v) is 5.01. The lowest BCUT2D eigenvalue weighted by molar-refractivity contribution is 0.0317. The lowest BCUT2D eigenvalue weighted by Gasteiger charge is -2.46. The normalized spacial score (nSPS) is 24.8. The zero-order valence-corrected chi connectivity index (χ0v) is 13.5. The van der Waals surface area contributed by atoms with E-state index in [-0.39, 0.29) is 5.91 Å². The summed E-state index contributed by atoms with van der Waals surface area (Å²) in [5.74, 6) is 0.600. The molecule has 0 aliphatic carbocycles. The van der Waals surface area contributed by atoms with Gasteiger partial charge in [0.2, 0.25) is 0 Å². The largest absolute Gasteiger partial charge is 0.351 e. The summed E-state index contributed by atoms with van der Waals surface area (Å²) in [6, 6.07) is 6.94. The van der Waals surface area contributed by atoms with Crippen molar-refractivity contribution in [3.63, 3.8) is 0 Å². The highest BCUT2D eigenvalue weighted by atomic mass is 16.2. The molecule has 0 aromatic heterocycles. The van der Waals surface area contributed by atoms with Gasteiger partial charge in [-0.05, 0) is 57.0 Å². The molecule has 1 aromatic carbocycles. The number of benzene rings is 1. The summed E-state index contributed by atoms with van der Waals surface area (Å²) < 4.78 is 0. The van der Waals surface area contributed by atoms with Gasteiger partial charge < -0.3 is 20.9 Å². The minimum absolute atomic E-state index is 0.0322. The molecule has 2 fully saturated rings. The van der Waals surface area contributed by atoms with Gasteiger partial charge in [-0.3, -0.25) is 4.79 Å². The van der Waals surface area contributed by atoms with Crippen LogP contribution in [0, 0.1) is 5.92 Å². The minimum Gasteiger partial charge on any atom is -0.351 e. The summed E-state index contributed by atoms with van der Waals surface area (Å²) in [4.78, 5) is 28.1.